The van der Waals surface area contributed by atoms with Crippen LogP contribution in [0.3, 0.4) is 0 Å². The Balaban J connectivity index is 1.48. The minimum atomic E-state index is -3.44. The molecule has 0 spiro atoms. The maximum Gasteiger partial charge on any atom is 0.252 e. The van der Waals surface area contributed by atoms with Gasteiger partial charge in [-0.1, -0.05) is 18.2 Å². The highest BCUT2D eigenvalue weighted by Crippen LogP contribution is 2.22. The molecule has 1 fully saturated rings. The minimum Gasteiger partial charge on any atom is -0.493 e. The van der Waals surface area contributed by atoms with E-state index >= 15 is 0 Å². The lowest BCUT2D eigenvalue weighted by molar-refractivity contribution is -0.132. The quantitative estimate of drug-likeness (QED) is 0.737. The van der Waals surface area contributed by atoms with Crippen molar-refractivity contribution in [2.45, 2.75) is 24.5 Å². The number of ether oxygens (including phenoxy) is 1. The minimum absolute atomic E-state index is 0.00604. The van der Waals surface area contributed by atoms with Gasteiger partial charge in [-0.05, 0) is 42.5 Å². The highest BCUT2D eigenvalue weighted by Gasteiger charge is 2.30. The third-order valence-corrected chi connectivity index (χ3v) is 7.87. The number of rotatable bonds is 6. The summed E-state index contributed by atoms with van der Waals surface area (Å²) in [4.78, 5) is 14.1. The van der Waals surface area contributed by atoms with Crippen LogP contribution in [-0.4, -0.2) is 56.3 Å². The molecule has 2 heterocycles. The summed E-state index contributed by atoms with van der Waals surface area (Å²) in [6, 6.07) is 9.33. The second-order valence-electron chi connectivity index (χ2n) is 6.58. The molecule has 0 radical (unpaired) electrons. The van der Waals surface area contributed by atoms with Crippen molar-refractivity contribution >= 4 is 27.3 Å². The summed E-state index contributed by atoms with van der Waals surface area (Å²) in [5.41, 5.74) is 2.16. The summed E-state index contributed by atoms with van der Waals surface area (Å²) in [7, 11) is -3.44. The highest BCUT2D eigenvalue weighted by molar-refractivity contribution is 7.91. The van der Waals surface area contributed by atoms with Crippen molar-refractivity contribution in [2.75, 3.05) is 32.8 Å². The van der Waals surface area contributed by atoms with Gasteiger partial charge >= 0.3 is 0 Å². The summed E-state index contributed by atoms with van der Waals surface area (Å²) in [5, 5.41) is 1.75. The first-order valence-corrected chi connectivity index (χ1v) is 11.2. The Morgan fingerprint density at radius 3 is 2.56 bits per heavy atom. The maximum absolute atomic E-state index is 12.5. The van der Waals surface area contributed by atoms with Crippen molar-refractivity contribution in [1.82, 2.24) is 9.21 Å². The number of carbonyl (C=O) groups is 1. The second-order valence-corrected chi connectivity index (χ2v) is 9.70. The molecule has 1 saturated heterocycles. The standard InChI is InChI=1S/C19H24N2O4S2/c1-15-5-6-16(2)17(14-15)25-12-7-18(22)20-8-10-21(11-9-20)27(23,24)19-4-3-13-26-19/h3-6,13-14H,7-12H2,1-2H3. The van der Waals surface area contributed by atoms with Crippen molar-refractivity contribution in [3.05, 3.63) is 46.8 Å². The molecule has 3 rings (SSSR count). The molecule has 27 heavy (non-hydrogen) atoms. The van der Waals surface area contributed by atoms with Crippen molar-refractivity contribution in [1.29, 1.82) is 0 Å². The first-order valence-electron chi connectivity index (χ1n) is 8.89. The van der Waals surface area contributed by atoms with E-state index in [1.165, 1.54) is 15.6 Å². The second kappa shape index (κ2) is 8.41. The topological polar surface area (TPSA) is 66.9 Å². The lowest BCUT2D eigenvalue weighted by Crippen LogP contribution is -2.50. The van der Waals surface area contributed by atoms with E-state index < -0.39 is 10.0 Å². The number of sulfonamides is 1. The molecule has 0 aliphatic carbocycles. The van der Waals surface area contributed by atoms with E-state index in [9.17, 15) is 13.2 Å². The first-order chi connectivity index (χ1) is 12.9. The molecule has 1 aliphatic rings. The van der Waals surface area contributed by atoms with Gasteiger partial charge in [-0.2, -0.15) is 4.31 Å². The van der Waals surface area contributed by atoms with Crippen LogP contribution in [0, 0.1) is 13.8 Å². The normalized spacial score (nSPS) is 15.7. The van der Waals surface area contributed by atoms with Crippen molar-refractivity contribution in [2.24, 2.45) is 0 Å². The molecular formula is C19H24N2O4S2. The van der Waals surface area contributed by atoms with E-state index in [2.05, 4.69) is 0 Å². The van der Waals surface area contributed by atoms with E-state index in [4.69, 9.17) is 4.74 Å². The van der Waals surface area contributed by atoms with Crippen LogP contribution >= 0.6 is 11.3 Å². The van der Waals surface area contributed by atoms with Gasteiger partial charge < -0.3 is 9.64 Å². The van der Waals surface area contributed by atoms with Gasteiger partial charge in [-0.25, -0.2) is 8.42 Å². The van der Waals surface area contributed by atoms with Crippen molar-refractivity contribution < 1.29 is 17.9 Å². The number of nitrogens with zero attached hydrogens (tertiary/aromatic N) is 2. The molecule has 0 unspecified atom stereocenters. The van der Waals surface area contributed by atoms with Crippen molar-refractivity contribution in [3.8, 4) is 5.75 Å². The van der Waals surface area contributed by atoms with Gasteiger partial charge in [0.1, 0.15) is 9.96 Å². The fourth-order valence-electron chi connectivity index (χ4n) is 2.98. The van der Waals surface area contributed by atoms with Crippen LogP contribution in [0.5, 0.6) is 5.75 Å². The van der Waals surface area contributed by atoms with Crippen LogP contribution < -0.4 is 4.74 Å². The zero-order valence-electron chi connectivity index (χ0n) is 15.6. The van der Waals surface area contributed by atoms with Crippen LogP contribution in [0.1, 0.15) is 17.5 Å². The zero-order valence-corrected chi connectivity index (χ0v) is 17.2. The number of aryl methyl sites for hydroxylation is 2. The molecule has 1 aromatic carbocycles. The predicted octanol–water partition coefficient (Wildman–Crippen LogP) is 2.67. The Labute approximate surface area is 164 Å². The number of carbonyl (C=O) groups excluding carboxylic acids is 1. The summed E-state index contributed by atoms with van der Waals surface area (Å²) in [6.45, 7) is 5.76. The molecule has 0 bridgehead atoms. The molecule has 6 nitrogen and oxygen atoms in total. The Morgan fingerprint density at radius 1 is 1.15 bits per heavy atom. The lowest BCUT2D eigenvalue weighted by Gasteiger charge is -2.33. The first kappa shape index (κ1) is 19.9. The summed E-state index contributed by atoms with van der Waals surface area (Å²) in [5.74, 6) is 0.795. The molecule has 0 atom stereocenters. The fraction of sp³-hybridized carbons (Fsp3) is 0.421. The Bertz CT molecular complexity index is 886. The number of hydrogen-bond donors (Lipinski definition) is 0. The van der Waals surface area contributed by atoms with Crippen molar-refractivity contribution in [3.63, 3.8) is 0 Å². The third-order valence-electron chi connectivity index (χ3n) is 4.60. The molecule has 2 aromatic rings. The molecule has 1 aliphatic heterocycles. The molecule has 8 heteroatoms. The van der Waals surface area contributed by atoms with Crippen LogP contribution in [0.25, 0.3) is 0 Å². The van der Waals surface area contributed by atoms with Crippen LogP contribution in [0.4, 0.5) is 0 Å². The van der Waals surface area contributed by atoms with E-state index in [1.54, 1.807) is 22.4 Å². The van der Waals surface area contributed by atoms with Gasteiger partial charge in [0.15, 0.2) is 0 Å². The van der Waals surface area contributed by atoms with Gasteiger partial charge in [0.25, 0.3) is 10.0 Å². The van der Waals surface area contributed by atoms with Gasteiger partial charge in [0.05, 0.1) is 13.0 Å². The average molecular weight is 409 g/mol. The Morgan fingerprint density at radius 2 is 1.89 bits per heavy atom. The van der Waals surface area contributed by atoms with E-state index in [0.717, 1.165) is 16.9 Å². The van der Waals surface area contributed by atoms with Gasteiger partial charge in [0.2, 0.25) is 5.91 Å². The Hall–Kier alpha value is -1.90. The van der Waals surface area contributed by atoms with Gasteiger partial charge in [-0.3, -0.25) is 4.79 Å². The van der Waals surface area contributed by atoms with E-state index in [0.29, 0.717) is 37.0 Å². The van der Waals surface area contributed by atoms with Crippen LogP contribution in [0.15, 0.2) is 39.9 Å². The maximum atomic E-state index is 12.5. The highest BCUT2D eigenvalue weighted by atomic mass is 32.2. The number of amides is 1. The molecule has 1 aromatic heterocycles. The molecule has 146 valence electrons. The predicted molar refractivity (Wildman–Crippen MR) is 106 cm³/mol. The summed E-state index contributed by atoms with van der Waals surface area (Å²) in [6.07, 6.45) is 0.283. The number of hydrogen-bond acceptors (Lipinski definition) is 5. The fourth-order valence-corrected chi connectivity index (χ4v) is 5.55. The molecule has 1 amide bonds. The molecule has 0 N–H and O–H groups in total. The van der Waals surface area contributed by atoms with E-state index in [1.807, 2.05) is 32.0 Å². The number of thiophene rings is 1. The third kappa shape index (κ3) is 4.69. The monoisotopic (exact) mass is 408 g/mol. The smallest absolute Gasteiger partial charge is 0.252 e. The molecular weight excluding hydrogens is 384 g/mol. The molecule has 0 saturated carbocycles. The largest absolute Gasteiger partial charge is 0.493 e. The van der Waals surface area contributed by atoms with Crippen LogP contribution in [0.2, 0.25) is 0 Å². The average Bonchev–Trinajstić information content (AvgIpc) is 3.20. The summed E-state index contributed by atoms with van der Waals surface area (Å²) < 4.78 is 32.6. The lowest BCUT2D eigenvalue weighted by atomic mass is 10.1. The van der Waals surface area contributed by atoms with Crippen LogP contribution in [-0.2, 0) is 14.8 Å². The van der Waals surface area contributed by atoms with Gasteiger partial charge in [-0.15, -0.1) is 11.3 Å². The summed E-state index contributed by atoms with van der Waals surface area (Å²) >= 11 is 1.22. The number of piperazine rings is 1. The zero-order chi connectivity index (χ0) is 19.4. The van der Waals surface area contributed by atoms with E-state index in [-0.39, 0.29) is 12.3 Å². The van der Waals surface area contributed by atoms with Gasteiger partial charge in [0, 0.05) is 26.2 Å². The number of benzene rings is 1. The Kier molecular flexibility index (Phi) is 6.18. The SMILES string of the molecule is Cc1ccc(C)c(OCCC(=O)N2CCN(S(=O)(=O)c3cccs3)CC2)c1.